The Morgan fingerprint density at radius 3 is 2.52 bits per heavy atom. The Hall–Kier alpha value is -2.54. The molecule has 0 radical (unpaired) electrons. The van der Waals surface area contributed by atoms with Gasteiger partial charge in [-0.3, -0.25) is 9.69 Å². The maximum absolute atomic E-state index is 13.1. The van der Waals surface area contributed by atoms with Gasteiger partial charge in [-0.25, -0.2) is 0 Å². The van der Waals surface area contributed by atoms with Gasteiger partial charge in [-0.2, -0.15) is 13.2 Å². The maximum Gasteiger partial charge on any atom is 0.416 e. The number of carbonyl (C=O) groups is 1. The molecule has 2 aliphatic rings. The van der Waals surface area contributed by atoms with Gasteiger partial charge < -0.3 is 9.84 Å². The van der Waals surface area contributed by atoms with Crippen LogP contribution in [0.25, 0.3) is 0 Å². The highest BCUT2D eigenvalue weighted by atomic mass is 19.4. The molecule has 4 nitrogen and oxygen atoms in total. The van der Waals surface area contributed by atoms with Crippen molar-refractivity contribution >= 4 is 5.97 Å². The smallest absolute Gasteiger partial charge is 0.416 e. The molecular formula is C24H28F3NO3. The van der Waals surface area contributed by atoms with E-state index in [4.69, 9.17) is 9.84 Å². The Labute approximate surface area is 180 Å². The first kappa shape index (κ1) is 23.1. The van der Waals surface area contributed by atoms with Crippen LogP contribution in [0.3, 0.4) is 0 Å². The van der Waals surface area contributed by atoms with Gasteiger partial charge in [0.05, 0.1) is 11.5 Å². The molecule has 7 heteroatoms. The zero-order valence-corrected chi connectivity index (χ0v) is 18.0. The van der Waals surface area contributed by atoms with Crippen molar-refractivity contribution in [2.45, 2.75) is 52.4 Å². The lowest BCUT2D eigenvalue weighted by Gasteiger charge is -2.41. The molecule has 1 atom stereocenters. The van der Waals surface area contributed by atoms with E-state index in [0.717, 1.165) is 24.5 Å². The van der Waals surface area contributed by atoms with Crippen molar-refractivity contribution in [1.29, 1.82) is 0 Å². The van der Waals surface area contributed by atoms with Crippen molar-refractivity contribution in [3.63, 3.8) is 0 Å². The Bertz CT molecular complexity index is 936. The van der Waals surface area contributed by atoms with Crippen molar-refractivity contribution in [3.05, 3.63) is 64.2 Å². The van der Waals surface area contributed by atoms with Crippen molar-refractivity contribution in [3.8, 4) is 5.75 Å². The molecule has 168 valence electrons. The van der Waals surface area contributed by atoms with Crippen LogP contribution in [0.2, 0.25) is 0 Å². The minimum atomic E-state index is -4.38. The molecule has 1 fully saturated rings. The van der Waals surface area contributed by atoms with E-state index in [1.807, 2.05) is 32.0 Å². The van der Waals surface area contributed by atoms with E-state index in [9.17, 15) is 18.0 Å². The van der Waals surface area contributed by atoms with E-state index in [0.29, 0.717) is 24.4 Å². The number of ether oxygens (including phenoxy) is 1. The lowest BCUT2D eigenvalue weighted by atomic mass is 9.95. The van der Waals surface area contributed by atoms with Crippen LogP contribution in [0.1, 0.15) is 54.1 Å². The van der Waals surface area contributed by atoms with E-state index < -0.39 is 17.7 Å². The predicted octanol–water partition coefficient (Wildman–Crippen LogP) is 5.62. The highest BCUT2D eigenvalue weighted by Crippen LogP contribution is 2.40. The number of rotatable bonds is 5. The number of hydrogen-bond acceptors (Lipinski definition) is 3. The van der Waals surface area contributed by atoms with Gasteiger partial charge >= 0.3 is 12.1 Å². The van der Waals surface area contributed by atoms with E-state index in [1.165, 1.54) is 18.6 Å². The van der Waals surface area contributed by atoms with Gasteiger partial charge in [0.1, 0.15) is 12.4 Å². The first-order valence-corrected chi connectivity index (χ1v) is 10.6. The Morgan fingerprint density at radius 2 is 1.87 bits per heavy atom. The molecule has 0 amide bonds. The molecule has 1 heterocycles. The highest BCUT2D eigenvalue weighted by Gasteiger charge is 2.39. The number of benzene rings is 2. The van der Waals surface area contributed by atoms with E-state index in [-0.39, 0.29) is 24.1 Å². The first-order valence-electron chi connectivity index (χ1n) is 10.6. The van der Waals surface area contributed by atoms with Gasteiger partial charge in [-0.1, -0.05) is 32.0 Å². The minimum absolute atomic E-state index is 0.0675. The molecule has 0 saturated carbocycles. The van der Waals surface area contributed by atoms with Crippen molar-refractivity contribution < 1.29 is 27.8 Å². The van der Waals surface area contributed by atoms with Gasteiger partial charge in [0.2, 0.25) is 0 Å². The lowest BCUT2D eigenvalue weighted by Crippen LogP contribution is -2.51. The van der Waals surface area contributed by atoms with Crippen molar-refractivity contribution in [2.24, 2.45) is 5.92 Å². The van der Waals surface area contributed by atoms with Gasteiger partial charge in [0.25, 0.3) is 0 Å². The molecule has 1 N–H and O–H groups in total. The Balaban J connectivity index is 0.00000132. The summed E-state index contributed by atoms with van der Waals surface area (Å²) in [5, 5.41) is 9.05. The number of alkyl halides is 3. The second-order valence-electron chi connectivity index (χ2n) is 7.84. The molecular weight excluding hydrogens is 407 g/mol. The van der Waals surface area contributed by atoms with Crippen LogP contribution in [0.4, 0.5) is 13.2 Å². The third-order valence-corrected chi connectivity index (χ3v) is 5.87. The lowest BCUT2D eigenvalue weighted by molar-refractivity contribution is -0.148. The van der Waals surface area contributed by atoms with E-state index in [1.54, 1.807) is 6.07 Å². The third kappa shape index (κ3) is 5.03. The molecule has 31 heavy (non-hydrogen) atoms. The number of carboxylic acid groups (broad SMARTS) is 1. The number of aryl methyl sites for hydroxylation is 2. The molecule has 1 aliphatic carbocycles. The quantitative estimate of drug-likeness (QED) is 0.662. The fraction of sp³-hybridized carbons (Fsp3) is 0.458. The summed E-state index contributed by atoms with van der Waals surface area (Å²) in [5.41, 5.74) is 2.38. The van der Waals surface area contributed by atoms with Crippen molar-refractivity contribution in [1.82, 2.24) is 4.90 Å². The summed E-state index contributed by atoms with van der Waals surface area (Å²) in [6.07, 6.45) is -2.55. The standard InChI is InChI=1S/C22H22F3NO3.C2H6/c1-13-2-3-14(8-19(13)22(23,24)25)12-29-17-5-6-18-15(9-17)4-7-20(18)26-10-16(11-26)21(27)28;1-2/h2-3,5-6,8-9,16,20H,4,7,10-12H2,1H3,(H,27,28);1-2H3. The van der Waals surface area contributed by atoms with Crippen LogP contribution in [0.15, 0.2) is 36.4 Å². The number of carboxylic acids is 1. The zero-order chi connectivity index (χ0) is 22.8. The molecule has 0 bridgehead atoms. The molecule has 0 aromatic heterocycles. The zero-order valence-electron chi connectivity index (χ0n) is 18.0. The topological polar surface area (TPSA) is 49.8 Å². The summed E-state index contributed by atoms with van der Waals surface area (Å²) in [4.78, 5) is 13.2. The minimum Gasteiger partial charge on any atom is -0.489 e. The number of halogens is 3. The van der Waals surface area contributed by atoms with Crippen LogP contribution in [0.5, 0.6) is 5.75 Å². The number of fused-ring (bicyclic) bond motifs is 1. The number of hydrogen-bond donors (Lipinski definition) is 1. The van der Waals surface area contributed by atoms with Gasteiger partial charge in [-0.05, 0) is 60.2 Å². The van der Waals surface area contributed by atoms with Gasteiger partial charge in [-0.15, -0.1) is 0 Å². The van der Waals surface area contributed by atoms with Crippen LogP contribution < -0.4 is 4.74 Å². The molecule has 2 aromatic rings. The van der Waals surface area contributed by atoms with Gasteiger partial charge in [0.15, 0.2) is 0 Å². The molecule has 1 saturated heterocycles. The predicted molar refractivity (Wildman–Crippen MR) is 112 cm³/mol. The first-order chi connectivity index (χ1) is 14.7. The summed E-state index contributed by atoms with van der Waals surface area (Å²) in [5.74, 6) is -0.392. The summed E-state index contributed by atoms with van der Waals surface area (Å²) in [7, 11) is 0. The highest BCUT2D eigenvalue weighted by molar-refractivity contribution is 5.71. The molecule has 1 unspecified atom stereocenters. The SMILES string of the molecule is CC.Cc1ccc(COc2ccc3c(c2)CCC3N2CC(C(=O)O)C2)cc1C(F)(F)F. The van der Waals surface area contributed by atoms with Crippen molar-refractivity contribution in [2.75, 3.05) is 13.1 Å². The fourth-order valence-corrected chi connectivity index (χ4v) is 4.19. The average Bonchev–Trinajstić information content (AvgIpc) is 3.09. The largest absolute Gasteiger partial charge is 0.489 e. The summed E-state index contributed by atoms with van der Waals surface area (Å²) in [6, 6.07) is 10.3. The summed E-state index contributed by atoms with van der Waals surface area (Å²) >= 11 is 0. The molecule has 0 spiro atoms. The summed E-state index contributed by atoms with van der Waals surface area (Å²) in [6.45, 7) is 6.67. The monoisotopic (exact) mass is 435 g/mol. The molecule has 2 aromatic carbocycles. The van der Waals surface area contributed by atoms with Gasteiger partial charge in [0, 0.05) is 19.1 Å². The maximum atomic E-state index is 13.1. The average molecular weight is 435 g/mol. The summed E-state index contributed by atoms with van der Waals surface area (Å²) < 4.78 is 45.0. The van der Waals surface area contributed by atoms with Crippen LogP contribution >= 0.6 is 0 Å². The number of nitrogens with zero attached hydrogens (tertiary/aromatic N) is 1. The Kier molecular flexibility index (Phi) is 6.94. The molecule has 1 aliphatic heterocycles. The van der Waals surface area contributed by atoms with Crippen LogP contribution in [0, 0.1) is 12.8 Å². The van der Waals surface area contributed by atoms with E-state index in [2.05, 4.69) is 4.90 Å². The number of aliphatic carboxylic acids is 1. The Morgan fingerprint density at radius 1 is 1.16 bits per heavy atom. The third-order valence-electron chi connectivity index (χ3n) is 5.87. The number of likely N-dealkylation sites (tertiary alicyclic amines) is 1. The van der Waals surface area contributed by atoms with Crippen LogP contribution in [-0.2, 0) is 24.0 Å². The normalized spacial score (nSPS) is 18.6. The molecule has 4 rings (SSSR count). The second kappa shape index (κ2) is 9.30. The van der Waals surface area contributed by atoms with E-state index >= 15 is 0 Å². The fourth-order valence-electron chi connectivity index (χ4n) is 4.19. The second-order valence-corrected chi connectivity index (χ2v) is 7.84. The van der Waals surface area contributed by atoms with Crippen LogP contribution in [-0.4, -0.2) is 29.1 Å².